The van der Waals surface area contributed by atoms with E-state index in [9.17, 15) is 4.79 Å². The molecule has 0 amide bonds. The summed E-state index contributed by atoms with van der Waals surface area (Å²) in [5, 5.41) is 2.33. The molecule has 2 aromatic rings. The topological polar surface area (TPSA) is 29.4 Å². The van der Waals surface area contributed by atoms with Crippen LogP contribution in [0.25, 0.3) is 10.8 Å². The number of benzene rings is 2. The van der Waals surface area contributed by atoms with E-state index in [0.29, 0.717) is 12.2 Å². The summed E-state index contributed by atoms with van der Waals surface area (Å²) in [6.45, 7) is 6.07. The Morgan fingerprint density at radius 2 is 1.71 bits per heavy atom. The summed E-state index contributed by atoms with van der Waals surface area (Å²) in [5.41, 5.74) is 1.97. The predicted octanol–water partition coefficient (Wildman–Crippen LogP) is 5.33. The number of carbonyl (C=O) groups excluding carboxylic acids is 1. The molecule has 0 aliphatic carbocycles. The Bertz CT molecular complexity index is 652. The number of aliphatic imine (C=N–C) groups is 1. The normalized spacial score (nSPS) is 13.4. The van der Waals surface area contributed by atoms with Crippen molar-refractivity contribution in [3.05, 3.63) is 42.5 Å². The van der Waals surface area contributed by atoms with Gasteiger partial charge in [0.2, 0.25) is 0 Å². The predicted molar refractivity (Wildman–Crippen MR) is 90.4 cm³/mol. The Morgan fingerprint density at radius 1 is 1.00 bits per heavy atom. The number of nitrogens with zero attached hydrogens (tertiary/aromatic N) is 1. The van der Waals surface area contributed by atoms with Crippen LogP contribution >= 0.6 is 0 Å². The lowest BCUT2D eigenvalue weighted by Gasteiger charge is -2.15. The van der Waals surface area contributed by atoms with E-state index in [1.165, 1.54) is 5.39 Å². The van der Waals surface area contributed by atoms with Crippen molar-refractivity contribution in [2.24, 2.45) is 10.9 Å². The largest absolute Gasteiger partial charge is 0.299 e. The van der Waals surface area contributed by atoms with Crippen LogP contribution in [0.3, 0.4) is 0 Å². The van der Waals surface area contributed by atoms with Crippen LogP contribution in [0.4, 0.5) is 5.69 Å². The number of Topliss-reactive ketones (excluding diaryl/α,β-unsaturated/α-hetero) is 1. The zero-order chi connectivity index (χ0) is 15.2. The van der Waals surface area contributed by atoms with E-state index in [0.717, 1.165) is 29.6 Å². The van der Waals surface area contributed by atoms with Crippen LogP contribution in [0.1, 0.15) is 40.0 Å². The molecule has 0 saturated carbocycles. The monoisotopic (exact) mass is 281 g/mol. The lowest BCUT2D eigenvalue weighted by Crippen LogP contribution is -2.22. The average Bonchev–Trinajstić information content (AvgIpc) is 2.54. The van der Waals surface area contributed by atoms with E-state index in [2.05, 4.69) is 32.0 Å². The zero-order valence-corrected chi connectivity index (χ0v) is 13.1. The molecule has 0 aliphatic rings. The fourth-order valence-electron chi connectivity index (χ4n) is 2.76. The highest BCUT2D eigenvalue weighted by molar-refractivity contribution is 6.07. The standard InChI is InChI=1S/C19H23NO/c1-4-15(19(21)6-3)17(5-2)20-18-13-9-11-14-10-7-8-12-16(14)18/h7-13,15H,4-6H2,1-3H3. The first kappa shape index (κ1) is 15.4. The van der Waals surface area contributed by atoms with Crippen LogP contribution < -0.4 is 0 Å². The summed E-state index contributed by atoms with van der Waals surface area (Å²) in [6, 6.07) is 14.4. The molecule has 2 aromatic carbocycles. The molecule has 0 heterocycles. The second kappa shape index (κ2) is 7.16. The van der Waals surface area contributed by atoms with Crippen molar-refractivity contribution < 1.29 is 4.79 Å². The summed E-state index contributed by atoms with van der Waals surface area (Å²) < 4.78 is 0. The summed E-state index contributed by atoms with van der Waals surface area (Å²) in [4.78, 5) is 17.0. The number of hydrogen-bond donors (Lipinski definition) is 0. The third-order valence-corrected chi connectivity index (χ3v) is 3.94. The first-order valence-corrected chi connectivity index (χ1v) is 7.79. The molecule has 2 nitrogen and oxygen atoms in total. The second-order valence-electron chi connectivity index (χ2n) is 5.24. The number of hydrogen-bond acceptors (Lipinski definition) is 2. The summed E-state index contributed by atoms with van der Waals surface area (Å²) in [7, 11) is 0. The van der Waals surface area contributed by atoms with Crippen molar-refractivity contribution >= 4 is 28.0 Å². The van der Waals surface area contributed by atoms with Gasteiger partial charge in [0.15, 0.2) is 0 Å². The Balaban J connectivity index is 2.49. The molecule has 2 heteroatoms. The Hall–Kier alpha value is -1.96. The van der Waals surface area contributed by atoms with Crippen molar-refractivity contribution in [2.45, 2.75) is 40.0 Å². The highest BCUT2D eigenvalue weighted by Crippen LogP contribution is 2.27. The Kier molecular flexibility index (Phi) is 5.26. The fraction of sp³-hybridized carbons (Fsp3) is 0.368. The van der Waals surface area contributed by atoms with Gasteiger partial charge in [0, 0.05) is 17.5 Å². The van der Waals surface area contributed by atoms with Gasteiger partial charge < -0.3 is 0 Å². The molecule has 1 unspecified atom stereocenters. The maximum atomic E-state index is 12.1. The lowest BCUT2D eigenvalue weighted by molar-refractivity contribution is -0.120. The van der Waals surface area contributed by atoms with Gasteiger partial charge in [0.05, 0.1) is 11.6 Å². The minimum absolute atomic E-state index is 0.0426. The van der Waals surface area contributed by atoms with Crippen LogP contribution in [0.2, 0.25) is 0 Å². The number of rotatable bonds is 6. The number of fused-ring (bicyclic) bond motifs is 1. The molecule has 21 heavy (non-hydrogen) atoms. The van der Waals surface area contributed by atoms with Crippen LogP contribution in [0.5, 0.6) is 0 Å². The summed E-state index contributed by atoms with van der Waals surface area (Å²) in [5.74, 6) is 0.248. The summed E-state index contributed by atoms with van der Waals surface area (Å²) in [6.07, 6.45) is 2.21. The van der Waals surface area contributed by atoms with Gasteiger partial charge >= 0.3 is 0 Å². The van der Waals surface area contributed by atoms with Crippen LogP contribution in [-0.4, -0.2) is 11.5 Å². The van der Waals surface area contributed by atoms with Gasteiger partial charge in [-0.1, -0.05) is 57.2 Å². The molecule has 0 aliphatic heterocycles. The molecule has 2 rings (SSSR count). The first-order chi connectivity index (χ1) is 10.2. The molecule has 1 atom stereocenters. The molecule has 0 spiro atoms. The van der Waals surface area contributed by atoms with Crippen molar-refractivity contribution in [3.8, 4) is 0 Å². The van der Waals surface area contributed by atoms with Crippen LogP contribution in [0, 0.1) is 5.92 Å². The molecule has 0 saturated heterocycles. The molecule has 0 bridgehead atoms. The quantitative estimate of drug-likeness (QED) is 0.658. The van der Waals surface area contributed by atoms with Gasteiger partial charge in [0.1, 0.15) is 5.78 Å². The minimum atomic E-state index is -0.0426. The summed E-state index contributed by atoms with van der Waals surface area (Å²) >= 11 is 0. The Labute approximate surface area is 126 Å². The van der Waals surface area contributed by atoms with Crippen LogP contribution in [-0.2, 0) is 4.79 Å². The van der Waals surface area contributed by atoms with E-state index in [4.69, 9.17) is 4.99 Å². The van der Waals surface area contributed by atoms with E-state index in [-0.39, 0.29) is 5.92 Å². The molecule has 0 aromatic heterocycles. The molecule has 0 radical (unpaired) electrons. The van der Waals surface area contributed by atoms with Crippen LogP contribution in [0.15, 0.2) is 47.5 Å². The average molecular weight is 281 g/mol. The van der Waals surface area contributed by atoms with Gasteiger partial charge in [0.25, 0.3) is 0 Å². The Morgan fingerprint density at radius 3 is 2.38 bits per heavy atom. The van der Waals surface area contributed by atoms with Gasteiger partial charge in [-0.05, 0) is 24.3 Å². The number of ketones is 1. The van der Waals surface area contributed by atoms with Gasteiger partial charge in [-0.3, -0.25) is 9.79 Å². The minimum Gasteiger partial charge on any atom is -0.299 e. The highest BCUT2D eigenvalue weighted by Gasteiger charge is 2.19. The third kappa shape index (κ3) is 3.38. The third-order valence-electron chi connectivity index (χ3n) is 3.94. The van der Waals surface area contributed by atoms with Crippen molar-refractivity contribution in [2.75, 3.05) is 0 Å². The maximum Gasteiger partial charge on any atom is 0.141 e. The molecular formula is C19H23NO. The highest BCUT2D eigenvalue weighted by atomic mass is 16.1. The molecular weight excluding hydrogens is 258 g/mol. The van der Waals surface area contributed by atoms with Gasteiger partial charge in [-0.15, -0.1) is 0 Å². The van der Waals surface area contributed by atoms with Gasteiger partial charge in [-0.25, -0.2) is 0 Å². The number of carbonyl (C=O) groups is 1. The van der Waals surface area contributed by atoms with E-state index < -0.39 is 0 Å². The van der Waals surface area contributed by atoms with Crippen molar-refractivity contribution in [1.82, 2.24) is 0 Å². The van der Waals surface area contributed by atoms with E-state index in [1.807, 2.05) is 31.2 Å². The maximum absolute atomic E-state index is 12.1. The smallest absolute Gasteiger partial charge is 0.141 e. The van der Waals surface area contributed by atoms with Crippen molar-refractivity contribution in [1.29, 1.82) is 0 Å². The van der Waals surface area contributed by atoms with Crippen molar-refractivity contribution in [3.63, 3.8) is 0 Å². The van der Waals surface area contributed by atoms with Gasteiger partial charge in [-0.2, -0.15) is 0 Å². The van der Waals surface area contributed by atoms with E-state index in [1.54, 1.807) is 0 Å². The fourth-order valence-corrected chi connectivity index (χ4v) is 2.76. The first-order valence-electron chi connectivity index (χ1n) is 7.79. The lowest BCUT2D eigenvalue weighted by atomic mass is 9.92. The zero-order valence-electron chi connectivity index (χ0n) is 13.1. The molecule has 110 valence electrons. The SMILES string of the molecule is CCC(=O)C(CC)C(CC)=Nc1cccc2ccccc12. The molecule has 0 N–H and O–H groups in total. The molecule has 0 fully saturated rings. The van der Waals surface area contributed by atoms with E-state index >= 15 is 0 Å². The second-order valence-corrected chi connectivity index (χ2v) is 5.24.